The average Bonchev–Trinajstić information content (AvgIpc) is 3.39. The zero-order valence-electron chi connectivity index (χ0n) is 18.3. The fourth-order valence-corrected chi connectivity index (χ4v) is 3.16. The summed E-state index contributed by atoms with van der Waals surface area (Å²) in [6.07, 6.45) is 5.28. The molecular formula is C25H25N5O3. The van der Waals surface area contributed by atoms with Crippen LogP contribution in [0.5, 0.6) is 17.4 Å². The molecule has 2 N–H and O–H groups in total. The molecule has 2 amide bonds. The Labute approximate surface area is 192 Å². The second kappa shape index (κ2) is 10.8. The van der Waals surface area contributed by atoms with Crippen molar-refractivity contribution in [3.05, 3.63) is 96.4 Å². The lowest BCUT2D eigenvalue weighted by Crippen LogP contribution is -2.34. The standard InChI is InChI=1S/C25H25N5O3/c1-2-32-22-9-3-4-10-23(22)33-24-12-11-20(17-26-24)18-28-25(31)27-16-19-7-5-8-21(15-19)30-14-6-13-29-30/h3-15,17H,2,16,18H2,1H3,(H2,27,28,31). The summed E-state index contributed by atoms with van der Waals surface area (Å²) in [5, 5.41) is 9.93. The number of urea groups is 1. The predicted molar refractivity (Wildman–Crippen MR) is 125 cm³/mol. The van der Waals surface area contributed by atoms with E-state index in [4.69, 9.17) is 9.47 Å². The topological polar surface area (TPSA) is 90.3 Å². The zero-order valence-corrected chi connectivity index (χ0v) is 18.3. The van der Waals surface area contributed by atoms with Gasteiger partial charge in [-0.3, -0.25) is 0 Å². The minimum Gasteiger partial charge on any atom is -0.490 e. The number of amides is 2. The van der Waals surface area contributed by atoms with E-state index in [1.807, 2.05) is 73.8 Å². The molecule has 168 valence electrons. The Hall–Kier alpha value is -4.33. The van der Waals surface area contributed by atoms with Gasteiger partial charge in [0.05, 0.1) is 12.3 Å². The summed E-state index contributed by atoms with van der Waals surface area (Å²) in [4.78, 5) is 16.5. The van der Waals surface area contributed by atoms with E-state index in [1.54, 1.807) is 23.1 Å². The molecule has 8 heteroatoms. The average molecular weight is 444 g/mol. The number of ether oxygens (including phenoxy) is 2. The van der Waals surface area contributed by atoms with Gasteiger partial charge in [0.25, 0.3) is 0 Å². The number of hydrogen-bond donors (Lipinski definition) is 2. The van der Waals surface area contributed by atoms with Gasteiger partial charge in [-0.05, 0) is 48.4 Å². The van der Waals surface area contributed by atoms with E-state index in [-0.39, 0.29) is 6.03 Å². The first-order valence-electron chi connectivity index (χ1n) is 10.7. The number of aromatic nitrogens is 3. The number of rotatable bonds is 9. The van der Waals surface area contributed by atoms with E-state index in [0.717, 1.165) is 16.8 Å². The Morgan fingerprint density at radius 2 is 1.76 bits per heavy atom. The molecule has 0 fully saturated rings. The molecule has 4 aromatic rings. The molecule has 0 aliphatic rings. The first kappa shape index (κ1) is 21.9. The van der Waals surface area contributed by atoms with Gasteiger partial charge in [-0.25, -0.2) is 14.5 Å². The Kier molecular flexibility index (Phi) is 7.17. The largest absolute Gasteiger partial charge is 0.490 e. The van der Waals surface area contributed by atoms with Gasteiger partial charge in [0.1, 0.15) is 0 Å². The van der Waals surface area contributed by atoms with Crippen LogP contribution in [0, 0.1) is 0 Å². The fourth-order valence-electron chi connectivity index (χ4n) is 3.16. The van der Waals surface area contributed by atoms with Crippen LogP contribution in [0.2, 0.25) is 0 Å². The number of carbonyl (C=O) groups is 1. The third-order valence-corrected chi connectivity index (χ3v) is 4.75. The highest BCUT2D eigenvalue weighted by atomic mass is 16.5. The molecule has 2 aromatic carbocycles. The van der Waals surface area contributed by atoms with Crippen LogP contribution >= 0.6 is 0 Å². The monoisotopic (exact) mass is 443 g/mol. The number of benzene rings is 2. The highest BCUT2D eigenvalue weighted by Gasteiger charge is 2.07. The highest BCUT2D eigenvalue weighted by molar-refractivity contribution is 5.73. The van der Waals surface area contributed by atoms with E-state index in [0.29, 0.717) is 37.1 Å². The number of nitrogens with one attached hydrogen (secondary N) is 2. The quantitative estimate of drug-likeness (QED) is 0.399. The molecule has 2 heterocycles. The number of pyridine rings is 1. The predicted octanol–water partition coefficient (Wildman–Crippen LogP) is 4.46. The molecule has 0 bridgehead atoms. The summed E-state index contributed by atoms with van der Waals surface area (Å²) in [5.74, 6) is 1.72. The molecule has 0 spiro atoms. The molecular weight excluding hydrogens is 418 g/mol. The Bertz CT molecular complexity index is 1180. The van der Waals surface area contributed by atoms with E-state index in [2.05, 4.69) is 20.7 Å². The second-order valence-corrected chi connectivity index (χ2v) is 7.14. The first-order chi connectivity index (χ1) is 16.2. The molecule has 0 radical (unpaired) electrons. The molecule has 4 rings (SSSR count). The highest BCUT2D eigenvalue weighted by Crippen LogP contribution is 2.30. The van der Waals surface area contributed by atoms with Gasteiger partial charge >= 0.3 is 6.03 Å². The Morgan fingerprint density at radius 1 is 0.939 bits per heavy atom. The summed E-state index contributed by atoms with van der Waals surface area (Å²) < 4.78 is 13.2. The summed E-state index contributed by atoms with van der Waals surface area (Å²) in [5.41, 5.74) is 2.78. The van der Waals surface area contributed by atoms with Crippen LogP contribution in [0.3, 0.4) is 0 Å². The van der Waals surface area contributed by atoms with Gasteiger partial charge < -0.3 is 20.1 Å². The van der Waals surface area contributed by atoms with E-state index < -0.39 is 0 Å². The lowest BCUT2D eigenvalue weighted by molar-refractivity contribution is 0.240. The molecule has 8 nitrogen and oxygen atoms in total. The molecule has 33 heavy (non-hydrogen) atoms. The molecule has 0 saturated carbocycles. The van der Waals surface area contributed by atoms with Crippen LogP contribution in [0.4, 0.5) is 4.79 Å². The minimum atomic E-state index is -0.259. The number of para-hydroxylation sites is 2. The molecule has 0 aliphatic heterocycles. The third kappa shape index (κ3) is 6.10. The van der Waals surface area contributed by atoms with Crippen molar-refractivity contribution in [2.24, 2.45) is 0 Å². The number of nitrogens with zero attached hydrogens (tertiary/aromatic N) is 3. The van der Waals surface area contributed by atoms with Crippen LogP contribution < -0.4 is 20.1 Å². The van der Waals surface area contributed by atoms with Crippen LogP contribution in [-0.4, -0.2) is 27.4 Å². The number of hydrogen-bond acceptors (Lipinski definition) is 5. The summed E-state index contributed by atoms with van der Waals surface area (Å²) >= 11 is 0. The van der Waals surface area contributed by atoms with Gasteiger partial charge in [0.2, 0.25) is 5.88 Å². The molecule has 0 saturated heterocycles. The smallest absolute Gasteiger partial charge is 0.315 e. The lowest BCUT2D eigenvalue weighted by atomic mass is 10.2. The van der Waals surface area contributed by atoms with Gasteiger partial charge in [0, 0.05) is 37.7 Å². The van der Waals surface area contributed by atoms with Crippen LogP contribution in [0.25, 0.3) is 5.69 Å². The van der Waals surface area contributed by atoms with E-state index in [9.17, 15) is 4.79 Å². The summed E-state index contributed by atoms with van der Waals surface area (Å²) in [7, 11) is 0. The first-order valence-corrected chi connectivity index (χ1v) is 10.7. The normalized spacial score (nSPS) is 10.5. The molecule has 0 atom stereocenters. The number of carbonyl (C=O) groups excluding carboxylic acids is 1. The van der Waals surface area contributed by atoms with Crippen molar-refractivity contribution < 1.29 is 14.3 Å². The minimum absolute atomic E-state index is 0.259. The van der Waals surface area contributed by atoms with Crippen molar-refractivity contribution >= 4 is 6.03 Å². The van der Waals surface area contributed by atoms with E-state index >= 15 is 0 Å². The lowest BCUT2D eigenvalue weighted by Gasteiger charge is -2.11. The van der Waals surface area contributed by atoms with Gasteiger partial charge in [-0.2, -0.15) is 5.10 Å². The maximum Gasteiger partial charge on any atom is 0.315 e. The van der Waals surface area contributed by atoms with Crippen molar-refractivity contribution in [1.82, 2.24) is 25.4 Å². The molecule has 2 aromatic heterocycles. The van der Waals surface area contributed by atoms with Crippen molar-refractivity contribution in [2.45, 2.75) is 20.0 Å². The van der Waals surface area contributed by atoms with Crippen LogP contribution in [-0.2, 0) is 13.1 Å². The van der Waals surface area contributed by atoms with Crippen LogP contribution in [0.1, 0.15) is 18.1 Å². The fraction of sp³-hybridized carbons (Fsp3) is 0.160. The van der Waals surface area contributed by atoms with Crippen molar-refractivity contribution in [2.75, 3.05) is 6.61 Å². The Balaban J connectivity index is 1.26. The molecule has 0 unspecified atom stereocenters. The maximum atomic E-state index is 12.2. The van der Waals surface area contributed by atoms with Gasteiger partial charge in [0.15, 0.2) is 11.5 Å². The van der Waals surface area contributed by atoms with Crippen LogP contribution in [0.15, 0.2) is 85.3 Å². The van der Waals surface area contributed by atoms with Crippen molar-refractivity contribution in [1.29, 1.82) is 0 Å². The Morgan fingerprint density at radius 3 is 2.48 bits per heavy atom. The summed E-state index contributed by atoms with van der Waals surface area (Å²) in [6, 6.07) is 20.5. The van der Waals surface area contributed by atoms with Gasteiger partial charge in [-0.1, -0.05) is 30.3 Å². The van der Waals surface area contributed by atoms with Gasteiger partial charge in [-0.15, -0.1) is 0 Å². The molecule has 0 aliphatic carbocycles. The van der Waals surface area contributed by atoms with E-state index in [1.165, 1.54) is 0 Å². The third-order valence-electron chi connectivity index (χ3n) is 4.75. The SMILES string of the molecule is CCOc1ccccc1Oc1ccc(CNC(=O)NCc2cccc(-n3cccn3)c2)cn1. The van der Waals surface area contributed by atoms with Crippen molar-refractivity contribution in [3.63, 3.8) is 0 Å². The maximum absolute atomic E-state index is 12.2. The second-order valence-electron chi connectivity index (χ2n) is 7.14. The summed E-state index contributed by atoms with van der Waals surface area (Å²) in [6.45, 7) is 3.23. The zero-order chi connectivity index (χ0) is 22.9. The van der Waals surface area contributed by atoms with Crippen molar-refractivity contribution in [3.8, 4) is 23.1 Å².